The molecule has 2 heterocycles. The molecule has 3 aliphatic rings. The summed E-state index contributed by atoms with van der Waals surface area (Å²) in [4.78, 5) is 29.8. The first-order valence-electron chi connectivity index (χ1n) is 18.1. The van der Waals surface area contributed by atoms with Crippen LogP contribution >= 0.6 is 0 Å². The van der Waals surface area contributed by atoms with E-state index in [-0.39, 0.29) is 34.6 Å². The molecule has 7 heteroatoms. The summed E-state index contributed by atoms with van der Waals surface area (Å²) in [6.07, 6.45) is 3.78. The third-order valence-corrected chi connectivity index (χ3v) is 16.0. The van der Waals surface area contributed by atoms with Crippen molar-refractivity contribution in [1.82, 2.24) is 0 Å². The number of phenols is 1. The van der Waals surface area contributed by atoms with Crippen molar-refractivity contribution in [2.45, 2.75) is 58.1 Å². The second kappa shape index (κ2) is 14.2. The smallest absolute Gasteiger partial charge is 0.261 e. The summed E-state index contributed by atoms with van der Waals surface area (Å²) in [6.45, 7) is 9.65. The lowest BCUT2D eigenvalue weighted by atomic mass is 9.69. The van der Waals surface area contributed by atoms with Crippen LogP contribution in [-0.4, -0.2) is 44.6 Å². The Bertz CT molecular complexity index is 1910. The summed E-state index contributed by atoms with van der Waals surface area (Å²) in [5.41, 5.74) is 4.77. The minimum atomic E-state index is -2.88. The number of amides is 2. The number of aromatic hydroxyl groups is 1. The Balaban J connectivity index is 1.27. The molecule has 0 spiro atoms. The zero-order valence-electron chi connectivity index (χ0n) is 29.9. The minimum absolute atomic E-state index is 0.134. The summed E-state index contributed by atoms with van der Waals surface area (Å²) < 4.78 is 14.1. The quantitative estimate of drug-likeness (QED) is 0.105. The number of para-hydroxylation sites is 2. The Morgan fingerprint density at radius 3 is 2.04 bits per heavy atom. The lowest BCUT2D eigenvalue weighted by molar-refractivity contribution is -0.122. The van der Waals surface area contributed by atoms with Gasteiger partial charge in [0.15, 0.2) is 0 Å². The molecule has 2 amide bonds. The first-order valence-corrected chi connectivity index (χ1v) is 20.0. The molecule has 0 aromatic heterocycles. The monoisotopic (exact) mass is 697 g/mol. The number of fused-ring (bicyclic) bond motifs is 3. The van der Waals surface area contributed by atoms with Gasteiger partial charge in [-0.3, -0.25) is 14.5 Å². The van der Waals surface area contributed by atoms with E-state index in [9.17, 15) is 14.7 Å². The van der Waals surface area contributed by atoms with Crippen LogP contribution in [0.25, 0.3) is 6.08 Å². The molecule has 0 unspecified atom stereocenters. The number of benzene rings is 4. The highest BCUT2D eigenvalue weighted by Gasteiger charge is 2.58. The van der Waals surface area contributed by atoms with E-state index in [0.29, 0.717) is 25.3 Å². The van der Waals surface area contributed by atoms with Gasteiger partial charge in [-0.05, 0) is 70.9 Å². The molecule has 1 aliphatic carbocycles. The van der Waals surface area contributed by atoms with Gasteiger partial charge in [0.05, 0.1) is 36.8 Å². The van der Waals surface area contributed by atoms with Crippen LogP contribution in [0.15, 0.2) is 132 Å². The standard InChI is InChI=1S/C44H47NO5Si/c1-30(26-31-16-14-15-23-38(31)46)24-25-39-40-32(27-36-41(37(40)29-49-39)43(48)45(42(36)47)33-17-8-5-9-18-33)28-50-51(44(2,3)4,34-19-10-6-11-20-34)35-21-12-7-13-22-35/h5-23,26,36-37,39,41,46H,24-25,27-29H2,1-4H3/b30-26+/t36-,37+,39-,41-/m1/s1. The Kier molecular flexibility index (Phi) is 9.72. The molecule has 262 valence electrons. The van der Waals surface area contributed by atoms with Crippen LogP contribution in [0.2, 0.25) is 5.04 Å². The molecule has 4 aromatic rings. The first kappa shape index (κ1) is 34.9. The summed E-state index contributed by atoms with van der Waals surface area (Å²) >= 11 is 0. The number of carbonyl (C=O) groups excluding carboxylic acids is 2. The number of nitrogens with zero attached hydrogens (tertiary/aromatic N) is 1. The second-order valence-electron chi connectivity index (χ2n) is 15.2. The minimum Gasteiger partial charge on any atom is -0.507 e. The molecular formula is C44H47NO5Si. The fourth-order valence-electron chi connectivity index (χ4n) is 8.70. The molecule has 2 aliphatic heterocycles. The van der Waals surface area contributed by atoms with Crippen LogP contribution in [0, 0.1) is 17.8 Å². The molecule has 4 aromatic carbocycles. The number of hydrogen-bond donors (Lipinski definition) is 1. The van der Waals surface area contributed by atoms with E-state index >= 15 is 0 Å². The zero-order chi connectivity index (χ0) is 35.8. The van der Waals surface area contributed by atoms with E-state index in [0.717, 1.165) is 35.1 Å². The van der Waals surface area contributed by atoms with Crippen molar-refractivity contribution in [2.24, 2.45) is 17.8 Å². The number of carbonyl (C=O) groups is 2. The molecule has 4 atom stereocenters. The largest absolute Gasteiger partial charge is 0.507 e. The predicted octanol–water partition coefficient (Wildman–Crippen LogP) is 7.67. The molecule has 0 bridgehead atoms. The molecule has 6 nitrogen and oxygen atoms in total. The molecule has 0 radical (unpaired) electrons. The number of phenolic OH excluding ortho intramolecular Hbond substituents is 1. The van der Waals surface area contributed by atoms with Crippen molar-refractivity contribution in [3.05, 3.63) is 138 Å². The highest BCUT2D eigenvalue weighted by molar-refractivity contribution is 6.99. The predicted molar refractivity (Wildman–Crippen MR) is 205 cm³/mol. The average Bonchev–Trinajstić information content (AvgIpc) is 3.67. The van der Waals surface area contributed by atoms with Crippen LogP contribution in [0.4, 0.5) is 5.69 Å². The van der Waals surface area contributed by atoms with Gasteiger partial charge in [0, 0.05) is 11.5 Å². The molecule has 51 heavy (non-hydrogen) atoms. The van der Waals surface area contributed by atoms with Crippen LogP contribution in [-0.2, 0) is 18.8 Å². The number of hydrogen-bond acceptors (Lipinski definition) is 5. The molecule has 2 saturated heterocycles. The molecule has 2 fully saturated rings. The fourth-order valence-corrected chi connectivity index (χ4v) is 13.2. The summed E-state index contributed by atoms with van der Waals surface area (Å²) in [5, 5.41) is 12.6. The van der Waals surface area contributed by atoms with Crippen molar-refractivity contribution in [3.8, 4) is 5.75 Å². The SMILES string of the molecule is C/C(=C\c1ccccc1O)CC[C@H]1OC[C@H]2C1=C(CO[Si](c1ccccc1)(c1ccccc1)C(C)(C)C)C[C@H]1C(=O)N(c3ccccc3)C(=O)[C@H]12. The maximum Gasteiger partial charge on any atom is 0.261 e. The lowest BCUT2D eigenvalue weighted by Crippen LogP contribution is -2.66. The molecule has 0 saturated carbocycles. The van der Waals surface area contributed by atoms with E-state index in [4.69, 9.17) is 9.16 Å². The van der Waals surface area contributed by atoms with E-state index in [1.165, 1.54) is 15.3 Å². The van der Waals surface area contributed by atoms with Crippen molar-refractivity contribution in [1.29, 1.82) is 0 Å². The third kappa shape index (κ3) is 6.43. The van der Waals surface area contributed by atoms with Crippen LogP contribution < -0.4 is 15.3 Å². The first-order chi connectivity index (χ1) is 24.6. The summed E-state index contributed by atoms with van der Waals surface area (Å²) in [6, 6.07) is 37.9. The molecule has 1 N–H and O–H groups in total. The summed E-state index contributed by atoms with van der Waals surface area (Å²) in [5.74, 6) is -1.14. The van der Waals surface area contributed by atoms with Gasteiger partial charge in [0.1, 0.15) is 5.75 Å². The van der Waals surface area contributed by atoms with E-state index < -0.39 is 20.2 Å². The van der Waals surface area contributed by atoms with Gasteiger partial charge in [-0.1, -0.05) is 129 Å². The van der Waals surface area contributed by atoms with E-state index in [1.54, 1.807) is 6.07 Å². The Hall–Kier alpha value is -4.56. The van der Waals surface area contributed by atoms with Gasteiger partial charge >= 0.3 is 0 Å². The molecule has 7 rings (SSSR count). The van der Waals surface area contributed by atoms with Gasteiger partial charge in [-0.25, -0.2) is 0 Å². The summed E-state index contributed by atoms with van der Waals surface area (Å²) in [7, 11) is -2.88. The zero-order valence-corrected chi connectivity index (χ0v) is 30.9. The van der Waals surface area contributed by atoms with Crippen molar-refractivity contribution in [3.63, 3.8) is 0 Å². The van der Waals surface area contributed by atoms with Crippen LogP contribution in [0.1, 0.15) is 52.5 Å². The number of ether oxygens (including phenoxy) is 1. The number of allylic oxidation sites excluding steroid dienone is 1. The van der Waals surface area contributed by atoms with Gasteiger partial charge in [-0.15, -0.1) is 0 Å². The van der Waals surface area contributed by atoms with Gasteiger partial charge in [0.2, 0.25) is 11.8 Å². The van der Waals surface area contributed by atoms with Gasteiger partial charge in [-0.2, -0.15) is 0 Å². The Labute approximate surface area is 302 Å². The van der Waals surface area contributed by atoms with Gasteiger partial charge < -0.3 is 14.3 Å². The van der Waals surface area contributed by atoms with Gasteiger partial charge in [0.25, 0.3) is 8.32 Å². The molecular weight excluding hydrogens is 651 g/mol. The highest BCUT2D eigenvalue weighted by Crippen LogP contribution is 2.51. The van der Waals surface area contributed by atoms with Crippen molar-refractivity contribution in [2.75, 3.05) is 18.1 Å². The highest BCUT2D eigenvalue weighted by atomic mass is 28.4. The Morgan fingerprint density at radius 1 is 0.843 bits per heavy atom. The lowest BCUT2D eigenvalue weighted by Gasteiger charge is -2.44. The number of anilines is 1. The second-order valence-corrected chi connectivity index (χ2v) is 19.5. The fraction of sp³-hybridized carbons (Fsp3) is 0.318. The topological polar surface area (TPSA) is 76.1 Å². The van der Waals surface area contributed by atoms with Crippen molar-refractivity contribution >= 4 is 42.3 Å². The number of imide groups is 1. The Morgan fingerprint density at radius 2 is 1.43 bits per heavy atom. The van der Waals surface area contributed by atoms with Crippen LogP contribution in [0.3, 0.4) is 0 Å². The van der Waals surface area contributed by atoms with E-state index in [1.807, 2.05) is 66.7 Å². The third-order valence-electron chi connectivity index (χ3n) is 11.0. The van der Waals surface area contributed by atoms with E-state index in [2.05, 4.69) is 76.2 Å². The van der Waals surface area contributed by atoms with Crippen LogP contribution in [0.5, 0.6) is 5.75 Å². The van der Waals surface area contributed by atoms with Crippen molar-refractivity contribution < 1.29 is 23.9 Å². The maximum atomic E-state index is 14.2. The normalized spacial score (nSPS) is 22.4. The maximum absolute atomic E-state index is 14.2. The number of rotatable bonds is 10. The average molecular weight is 698 g/mol.